The van der Waals surface area contributed by atoms with Crippen LogP contribution in [0.25, 0.3) is 0 Å². The number of esters is 1. The highest BCUT2D eigenvalue weighted by Crippen LogP contribution is 2.38. The Morgan fingerprint density at radius 1 is 0.380 bits per heavy atom. The van der Waals surface area contributed by atoms with Crippen molar-refractivity contribution in [1.82, 2.24) is 5.32 Å². The van der Waals surface area contributed by atoms with Gasteiger partial charge in [0, 0.05) is 12.8 Å². The van der Waals surface area contributed by atoms with Gasteiger partial charge in [-0.3, -0.25) is 14.2 Å². The zero-order valence-electron chi connectivity index (χ0n) is 62.0. The van der Waals surface area contributed by atoms with E-state index in [4.69, 9.17) is 13.8 Å². The Hall–Kier alpha value is -2.29. The summed E-state index contributed by atoms with van der Waals surface area (Å²) in [6.45, 7) is 6.88. The maximum atomic E-state index is 13.6. The molecule has 0 heterocycles. The number of nitrogens with one attached hydrogen (secondary N) is 1. The standard InChI is InChI=1S/C82H155N2O7P/c1-7-10-13-16-19-22-25-28-30-32-34-36-38-40-42-44-46-48-50-52-54-56-59-62-65-68-71-74-81(85)83-79(78-90-92(87,88)89-77-76-84(4,5)6)80(73-70-67-64-61-58-27-24-21-18-15-12-9-3)91-82(86)75-72-69-66-63-60-57-55-53-51-49-47-45-43-41-39-37-35-33-31-29-26-23-20-17-14-11-8-2/h19,22,28,30,34,36,40,42,70,73,79-80H,7-18,20-21,23-27,29,31-33,35,37-39,41,43-69,71-72,74-78H2,1-6H3,(H-,83,85,87,88)/b22-19-,30-28-,36-34-,42-40-,73-70+. The van der Waals surface area contributed by atoms with Gasteiger partial charge in [0.25, 0.3) is 7.82 Å². The summed E-state index contributed by atoms with van der Waals surface area (Å²) in [6.07, 6.45) is 93.7. The Bertz CT molecular complexity index is 1760. The van der Waals surface area contributed by atoms with Crippen molar-refractivity contribution in [3.63, 3.8) is 0 Å². The first-order chi connectivity index (χ1) is 44.9. The summed E-state index contributed by atoms with van der Waals surface area (Å²) in [5.41, 5.74) is 0. The predicted molar refractivity (Wildman–Crippen MR) is 399 cm³/mol. The summed E-state index contributed by atoms with van der Waals surface area (Å²) in [5.74, 6) is -0.525. The number of amides is 1. The smallest absolute Gasteiger partial charge is 0.306 e. The van der Waals surface area contributed by atoms with Crippen LogP contribution in [-0.4, -0.2) is 69.4 Å². The molecule has 10 heteroatoms. The summed E-state index contributed by atoms with van der Waals surface area (Å²) in [5, 5.41) is 3.06. The molecule has 3 atom stereocenters. The molecule has 0 aromatic rings. The fourth-order valence-corrected chi connectivity index (χ4v) is 12.8. The van der Waals surface area contributed by atoms with Crippen LogP contribution in [0.2, 0.25) is 0 Å². The van der Waals surface area contributed by atoms with Crippen molar-refractivity contribution in [3.05, 3.63) is 60.8 Å². The first-order valence-electron chi connectivity index (χ1n) is 40.1. The number of hydrogen-bond acceptors (Lipinski definition) is 7. The van der Waals surface area contributed by atoms with E-state index in [1.165, 1.54) is 289 Å². The van der Waals surface area contributed by atoms with Crippen molar-refractivity contribution in [2.45, 2.75) is 412 Å². The highest BCUT2D eigenvalue weighted by molar-refractivity contribution is 7.45. The Labute approximate surface area is 572 Å². The third-order valence-corrected chi connectivity index (χ3v) is 19.2. The number of phosphoric acid groups is 1. The Kier molecular flexibility index (Phi) is 69.7. The minimum Gasteiger partial charge on any atom is -0.756 e. The Balaban J connectivity index is 4.90. The van der Waals surface area contributed by atoms with Gasteiger partial charge in [-0.2, -0.15) is 0 Å². The van der Waals surface area contributed by atoms with E-state index in [1.807, 2.05) is 33.3 Å². The first-order valence-corrected chi connectivity index (χ1v) is 41.6. The molecule has 0 aromatic heterocycles. The third-order valence-electron chi connectivity index (χ3n) is 18.2. The van der Waals surface area contributed by atoms with Gasteiger partial charge in [0.1, 0.15) is 19.3 Å². The Morgan fingerprint density at radius 3 is 1.01 bits per heavy atom. The van der Waals surface area contributed by atoms with Crippen molar-refractivity contribution in [1.29, 1.82) is 0 Å². The molecule has 0 aliphatic heterocycles. The number of likely N-dealkylation sites (N-methyl/N-ethyl adjacent to an activating group) is 1. The number of hydrogen-bond donors (Lipinski definition) is 1. The van der Waals surface area contributed by atoms with E-state index in [1.54, 1.807) is 0 Å². The van der Waals surface area contributed by atoms with E-state index in [9.17, 15) is 19.0 Å². The maximum absolute atomic E-state index is 13.6. The van der Waals surface area contributed by atoms with Gasteiger partial charge >= 0.3 is 5.97 Å². The number of quaternary nitrogens is 1. The maximum Gasteiger partial charge on any atom is 0.306 e. The molecule has 3 unspecified atom stereocenters. The van der Waals surface area contributed by atoms with Gasteiger partial charge in [0.2, 0.25) is 5.91 Å². The highest BCUT2D eigenvalue weighted by atomic mass is 31.2. The number of carbonyl (C=O) groups is 2. The van der Waals surface area contributed by atoms with Crippen LogP contribution in [0.5, 0.6) is 0 Å². The second-order valence-electron chi connectivity index (χ2n) is 28.6. The minimum atomic E-state index is -4.71. The predicted octanol–water partition coefficient (Wildman–Crippen LogP) is 25.4. The van der Waals surface area contributed by atoms with Crippen molar-refractivity contribution < 1.29 is 37.3 Å². The van der Waals surface area contributed by atoms with Crippen molar-refractivity contribution in [2.24, 2.45) is 0 Å². The van der Waals surface area contributed by atoms with Gasteiger partial charge in [-0.05, 0) is 76.7 Å². The average molecular weight is 1310 g/mol. The van der Waals surface area contributed by atoms with Gasteiger partial charge in [-0.25, -0.2) is 0 Å². The van der Waals surface area contributed by atoms with Crippen LogP contribution in [0, 0.1) is 0 Å². The van der Waals surface area contributed by atoms with Gasteiger partial charge < -0.3 is 28.5 Å². The lowest BCUT2D eigenvalue weighted by Gasteiger charge is -2.30. The van der Waals surface area contributed by atoms with E-state index in [0.29, 0.717) is 17.4 Å². The fraction of sp³-hybridized carbons (Fsp3) is 0.854. The molecular formula is C82H155N2O7P. The molecule has 0 aliphatic carbocycles. The molecule has 92 heavy (non-hydrogen) atoms. The van der Waals surface area contributed by atoms with Crippen LogP contribution in [-0.2, 0) is 27.9 Å². The van der Waals surface area contributed by atoms with E-state index in [-0.39, 0.29) is 31.5 Å². The monoisotopic (exact) mass is 1310 g/mol. The summed E-state index contributed by atoms with van der Waals surface area (Å²) in [7, 11) is 1.20. The average Bonchev–Trinajstić information content (AvgIpc) is 3.69. The lowest BCUT2D eigenvalue weighted by molar-refractivity contribution is -0.870. The molecule has 540 valence electrons. The zero-order valence-corrected chi connectivity index (χ0v) is 62.9. The minimum absolute atomic E-state index is 0.0219. The molecule has 1 N–H and O–H groups in total. The molecule has 0 fully saturated rings. The topological polar surface area (TPSA) is 114 Å². The third kappa shape index (κ3) is 72.0. The van der Waals surface area contributed by atoms with E-state index in [2.05, 4.69) is 74.7 Å². The van der Waals surface area contributed by atoms with Gasteiger partial charge in [0.15, 0.2) is 0 Å². The van der Waals surface area contributed by atoms with Crippen molar-refractivity contribution in [2.75, 3.05) is 40.9 Å². The number of ether oxygens (including phenoxy) is 1. The number of unbranched alkanes of at least 4 members (excludes halogenated alkanes) is 50. The quantitative estimate of drug-likeness (QED) is 0.0212. The summed E-state index contributed by atoms with van der Waals surface area (Å²) < 4.78 is 30.6. The fourth-order valence-electron chi connectivity index (χ4n) is 12.0. The molecule has 0 radical (unpaired) electrons. The summed E-state index contributed by atoms with van der Waals surface area (Å²) in [6, 6.07) is -0.891. The van der Waals surface area contributed by atoms with Gasteiger partial charge in [-0.15, -0.1) is 0 Å². The normalized spacial score (nSPS) is 13.7. The number of rotatable bonds is 74. The molecule has 0 spiro atoms. The number of carbonyl (C=O) groups excluding carboxylic acids is 2. The molecule has 0 saturated heterocycles. The number of allylic oxidation sites excluding steroid dienone is 9. The van der Waals surface area contributed by atoms with Crippen LogP contribution in [0.15, 0.2) is 60.8 Å². The summed E-state index contributed by atoms with van der Waals surface area (Å²) >= 11 is 0. The van der Waals surface area contributed by atoms with Crippen molar-refractivity contribution >= 4 is 19.7 Å². The van der Waals surface area contributed by atoms with E-state index in [0.717, 1.165) is 77.0 Å². The molecule has 0 saturated carbocycles. The SMILES string of the molecule is CCCCC/C=C\C/C=C\C/C=C\C/C=C\CCCCCCCCCCCCCC(=O)NC(COP(=O)([O-])OCC[N+](C)(C)C)C(/C=C/CCCCCCCCCCCC)OC(=O)CCCCCCCCCCCCCCCCCCCCCCCCCCCCC. The number of nitrogens with zero attached hydrogens (tertiary/aromatic N) is 1. The number of phosphoric ester groups is 1. The van der Waals surface area contributed by atoms with Crippen LogP contribution in [0.3, 0.4) is 0 Å². The van der Waals surface area contributed by atoms with Crippen LogP contribution >= 0.6 is 7.82 Å². The molecule has 0 bridgehead atoms. The lowest BCUT2D eigenvalue weighted by atomic mass is 10.0. The van der Waals surface area contributed by atoms with Crippen LogP contribution in [0.4, 0.5) is 0 Å². The van der Waals surface area contributed by atoms with E-state index < -0.39 is 20.0 Å². The van der Waals surface area contributed by atoms with Gasteiger partial charge in [0.05, 0.1) is 33.8 Å². The van der Waals surface area contributed by atoms with Crippen LogP contribution < -0.4 is 10.2 Å². The molecule has 0 aliphatic rings. The second-order valence-corrected chi connectivity index (χ2v) is 30.0. The highest BCUT2D eigenvalue weighted by Gasteiger charge is 2.27. The summed E-state index contributed by atoms with van der Waals surface area (Å²) in [4.78, 5) is 40.3. The van der Waals surface area contributed by atoms with E-state index >= 15 is 0 Å². The first kappa shape index (κ1) is 89.7. The molecule has 0 rings (SSSR count). The van der Waals surface area contributed by atoms with Crippen LogP contribution in [0.1, 0.15) is 400 Å². The largest absolute Gasteiger partial charge is 0.756 e. The van der Waals surface area contributed by atoms with Crippen molar-refractivity contribution in [3.8, 4) is 0 Å². The zero-order chi connectivity index (χ0) is 67.0. The lowest BCUT2D eigenvalue weighted by Crippen LogP contribution is -2.47. The second kappa shape index (κ2) is 71.5. The van der Waals surface area contributed by atoms with Gasteiger partial charge in [-0.1, -0.05) is 371 Å². The molecule has 0 aromatic carbocycles. The molecule has 1 amide bonds. The molecular weight excluding hydrogens is 1160 g/mol. The Morgan fingerprint density at radius 2 is 0.663 bits per heavy atom. The molecule has 9 nitrogen and oxygen atoms in total.